The molecule has 0 spiro atoms. The van der Waals surface area contributed by atoms with E-state index in [2.05, 4.69) is 37.2 Å². The summed E-state index contributed by atoms with van der Waals surface area (Å²) in [5.41, 5.74) is 2.41. The number of hydrogen-bond acceptors (Lipinski definition) is 2. The third kappa shape index (κ3) is 3.40. The first-order valence-electron chi connectivity index (χ1n) is 6.77. The van der Waals surface area contributed by atoms with E-state index in [9.17, 15) is 9.50 Å². The van der Waals surface area contributed by atoms with Crippen molar-refractivity contribution in [1.82, 2.24) is 0 Å². The predicted molar refractivity (Wildman–Crippen MR) is 91.3 cm³/mol. The molecule has 1 aliphatic heterocycles. The van der Waals surface area contributed by atoms with Crippen molar-refractivity contribution in [2.75, 3.05) is 5.32 Å². The smallest absolute Gasteiger partial charge is 0.133 e. The number of aromatic hydroxyl groups is 1. The summed E-state index contributed by atoms with van der Waals surface area (Å²) in [4.78, 5) is 0. The first kappa shape index (κ1) is 16.3. The molecule has 0 aliphatic carbocycles. The Balaban J connectivity index is 0.000000774. The van der Waals surface area contributed by atoms with Crippen LogP contribution in [0.15, 0.2) is 39.3 Å². The maximum atomic E-state index is 14.0. The van der Waals surface area contributed by atoms with Crippen LogP contribution in [0.3, 0.4) is 0 Å². The fourth-order valence-electron chi connectivity index (χ4n) is 2.42. The van der Waals surface area contributed by atoms with Gasteiger partial charge in [-0.15, -0.1) is 0 Å². The molecule has 0 aromatic heterocycles. The summed E-state index contributed by atoms with van der Waals surface area (Å²) in [6.45, 7) is 4.00. The minimum Gasteiger partial charge on any atom is -0.507 e. The van der Waals surface area contributed by atoms with Crippen molar-refractivity contribution in [3.8, 4) is 5.75 Å². The van der Waals surface area contributed by atoms with Gasteiger partial charge in [-0.05, 0) is 42.3 Å². The van der Waals surface area contributed by atoms with E-state index in [4.69, 9.17) is 0 Å². The van der Waals surface area contributed by atoms with E-state index in [1.54, 1.807) is 0 Å². The molecule has 2 N–H and O–H groups in total. The number of hydrogen-bond donors (Lipinski definition) is 2. The van der Waals surface area contributed by atoms with Crippen LogP contribution in [0, 0.1) is 5.82 Å². The van der Waals surface area contributed by atoms with E-state index in [1.807, 2.05) is 32.0 Å². The number of nitrogens with one attached hydrogen (secondary N) is 1. The Kier molecular flexibility index (Phi) is 5.27. The second kappa shape index (κ2) is 6.79. The van der Waals surface area contributed by atoms with Crippen molar-refractivity contribution < 1.29 is 9.50 Å². The molecule has 5 heteroatoms. The summed E-state index contributed by atoms with van der Waals surface area (Å²) in [6, 6.07) is 8.54. The molecule has 2 aromatic carbocycles. The maximum absolute atomic E-state index is 14.0. The summed E-state index contributed by atoms with van der Waals surface area (Å²) in [7, 11) is 0. The van der Waals surface area contributed by atoms with Gasteiger partial charge in [0.2, 0.25) is 0 Å². The Morgan fingerprint density at radius 3 is 2.52 bits per heavy atom. The lowest BCUT2D eigenvalue weighted by Crippen LogP contribution is -2.08. The molecule has 1 heterocycles. The monoisotopic (exact) mass is 415 g/mol. The molecule has 0 amide bonds. The highest BCUT2D eigenvalue weighted by Crippen LogP contribution is 2.40. The summed E-state index contributed by atoms with van der Waals surface area (Å²) in [5.74, 6) is -0.438. The number of fused-ring (bicyclic) bond motifs is 1. The minimum atomic E-state index is -0.406. The van der Waals surface area contributed by atoms with Gasteiger partial charge in [-0.2, -0.15) is 0 Å². The molecule has 1 unspecified atom stereocenters. The van der Waals surface area contributed by atoms with Crippen LogP contribution in [0.1, 0.15) is 31.0 Å². The lowest BCUT2D eigenvalue weighted by atomic mass is 10.0. The number of phenolic OH excluding ortho intramolecular Hbond substituents is 1. The molecule has 0 saturated carbocycles. The second-order valence-electron chi connectivity index (χ2n) is 4.52. The topological polar surface area (TPSA) is 32.3 Å². The Morgan fingerprint density at radius 1 is 1.14 bits per heavy atom. The van der Waals surface area contributed by atoms with Crippen molar-refractivity contribution in [2.24, 2.45) is 0 Å². The highest BCUT2D eigenvalue weighted by atomic mass is 79.9. The van der Waals surface area contributed by atoms with E-state index in [1.165, 1.54) is 12.1 Å². The molecule has 0 saturated heterocycles. The van der Waals surface area contributed by atoms with E-state index in [0.717, 1.165) is 15.7 Å². The van der Waals surface area contributed by atoms with Crippen LogP contribution in [-0.4, -0.2) is 5.11 Å². The molecule has 1 aliphatic rings. The molecule has 1 atom stereocenters. The van der Waals surface area contributed by atoms with Crippen LogP contribution >= 0.6 is 31.9 Å². The molecular weight excluding hydrogens is 401 g/mol. The quantitative estimate of drug-likeness (QED) is 0.616. The van der Waals surface area contributed by atoms with Gasteiger partial charge < -0.3 is 10.4 Å². The predicted octanol–water partition coefficient (Wildman–Crippen LogP) is 5.79. The minimum absolute atomic E-state index is 0.0313. The van der Waals surface area contributed by atoms with Gasteiger partial charge in [-0.1, -0.05) is 45.7 Å². The average molecular weight is 417 g/mol. The molecule has 2 nitrogen and oxygen atoms in total. The molecular formula is C16H16Br2FNO. The van der Waals surface area contributed by atoms with E-state index in [0.29, 0.717) is 16.5 Å². The Morgan fingerprint density at radius 2 is 1.86 bits per heavy atom. The van der Waals surface area contributed by atoms with Gasteiger partial charge in [-0.25, -0.2) is 4.39 Å². The second-order valence-corrected chi connectivity index (χ2v) is 6.35. The summed E-state index contributed by atoms with van der Waals surface area (Å²) in [5, 5.41) is 13.2. The van der Waals surface area contributed by atoms with Crippen LogP contribution in [0.5, 0.6) is 5.75 Å². The van der Waals surface area contributed by atoms with Crippen molar-refractivity contribution in [2.45, 2.75) is 26.3 Å². The van der Waals surface area contributed by atoms with Gasteiger partial charge in [-0.3, -0.25) is 0 Å². The van der Waals surface area contributed by atoms with E-state index >= 15 is 0 Å². The normalized spacial score (nSPS) is 15.8. The molecule has 2 aromatic rings. The van der Waals surface area contributed by atoms with Gasteiger partial charge in [0.25, 0.3) is 0 Å². The van der Waals surface area contributed by atoms with Gasteiger partial charge in [0.1, 0.15) is 11.6 Å². The molecule has 0 bridgehead atoms. The molecule has 0 fully saturated rings. The molecule has 21 heavy (non-hydrogen) atoms. The van der Waals surface area contributed by atoms with Gasteiger partial charge in [0.05, 0.1) is 11.6 Å². The van der Waals surface area contributed by atoms with Crippen molar-refractivity contribution >= 4 is 37.5 Å². The summed E-state index contributed by atoms with van der Waals surface area (Å²) in [6.07, 6.45) is 0.654. The number of halogens is 3. The van der Waals surface area contributed by atoms with Crippen molar-refractivity contribution in [1.29, 1.82) is 0 Å². The fraction of sp³-hybridized carbons (Fsp3) is 0.250. The van der Waals surface area contributed by atoms with E-state index < -0.39 is 5.82 Å². The van der Waals surface area contributed by atoms with Gasteiger partial charge >= 0.3 is 0 Å². The van der Waals surface area contributed by atoms with E-state index in [-0.39, 0.29) is 11.8 Å². The Labute approximate surface area is 140 Å². The van der Waals surface area contributed by atoms with Crippen LogP contribution in [0.25, 0.3) is 0 Å². The SMILES string of the molecule is CC.Oc1cc(Br)cc(F)c1C1Cc2cc(Br)ccc2N1. The first-order valence-corrected chi connectivity index (χ1v) is 8.36. The molecule has 112 valence electrons. The molecule has 3 rings (SSSR count). The first-order chi connectivity index (χ1) is 10.0. The lowest BCUT2D eigenvalue weighted by molar-refractivity contribution is 0.452. The van der Waals surface area contributed by atoms with Crippen LogP contribution < -0.4 is 5.32 Å². The number of phenols is 1. The molecule has 0 radical (unpaired) electrons. The largest absolute Gasteiger partial charge is 0.507 e. The van der Waals surface area contributed by atoms with Crippen LogP contribution in [0.4, 0.5) is 10.1 Å². The van der Waals surface area contributed by atoms with Crippen molar-refractivity contribution in [3.63, 3.8) is 0 Å². The Bertz CT molecular complexity index is 638. The third-order valence-corrected chi connectivity index (χ3v) is 4.19. The number of rotatable bonds is 1. The highest BCUT2D eigenvalue weighted by Gasteiger charge is 2.27. The number of benzene rings is 2. The zero-order valence-electron chi connectivity index (χ0n) is 11.8. The third-order valence-electron chi connectivity index (χ3n) is 3.24. The highest BCUT2D eigenvalue weighted by molar-refractivity contribution is 9.10. The zero-order valence-corrected chi connectivity index (χ0v) is 14.9. The fourth-order valence-corrected chi connectivity index (χ4v) is 3.25. The van der Waals surface area contributed by atoms with Crippen LogP contribution in [0.2, 0.25) is 0 Å². The zero-order chi connectivity index (χ0) is 15.6. The maximum Gasteiger partial charge on any atom is 0.133 e. The van der Waals surface area contributed by atoms with Gasteiger partial charge in [0.15, 0.2) is 0 Å². The van der Waals surface area contributed by atoms with Gasteiger partial charge in [0, 0.05) is 14.6 Å². The summed E-state index contributed by atoms with van der Waals surface area (Å²) < 4.78 is 15.6. The lowest BCUT2D eigenvalue weighted by Gasteiger charge is -2.14. The number of anilines is 1. The standard InChI is InChI=1S/C14H10Br2FNO.C2H6/c15-8-1-2-11-7(3-8)4-12(18-11)14-10(17)5-9(16)6-13(14)19;1-2/h1-3,5-6,12,18-19H,4H2;1-2H3. The Hall–Kier alpha value is -1.07. The average Bonchev–Trinajstić information content (AvgIpc) is 2.82. The van der Waals surface area contributed by atoms with Crippen molar-refractivity contribution in [3.05, 3.63) is 56.2 Å². The summed E-state index contributed by atoms with van der Waals surface area (Å²) >= 11 is 6.59. The van der Waals surface area contributed by atoms with Crippen LogP contribution in [-0.2, 0) is 6.42 Å².